The summed E-state index contributed by atoms with van der Waals surface area (Å²) in [4.78, 5) is 0. The fourth-order valence-corrected chi connectivity index (χ4v) is 4.97. The van der Waals surface area contributed by atoms with Crippen molar-refractivity contribution >= 4 is 11.4 Å². The van der Waals surface area contributed by atoms with Crippen molar-refractivity contribution in [3.05, 3.63) is 161 Å². The van der Waals surface area contributed by atoms with Gasteiger partial charge in [0.1, 0.15) is 30.5 Å². The fourth-order valence-electron chi connectivity index (χ4n) is 4.97. The number of hydrazone groups is 1. The average Bonchev–Trinajstić information content (AvgIpc) is 3.46. The summed E-state index contributed by atoms with van der Waals surface area (Å²) < 4.78 is 26.0. The normalized spacial score (nSPS) is 14.5. The van der Waals surface area contributed by atoms with Crippen molar-refractivity contribution < 1.29 is 13.9 Å². The molecule has 0 saturated carbocycles. The Hall–Kier alpha value is -4.90. The van der Waals surface area contributed by atoms with Gasteiger partial charge < -0.3 is 9.47 Å². The van der Waals surface area contributed by atoms with Crippen LogP contribution >= 0.6 is 0 Å². The minimum atomic E-state index is -0.269. The Morgan fingerprint density at radius 3 is 2.12 bits per heavy atom. The Bertz CT molecular complexity index is 1620. The minimum absolute atomic E-state index is 0.0481. The Morgan fingerprint density at radius 2 is 1.39 bits per heavy atom. The zero-order chi connectivity index (χ0) is 28.0. The van der Waals surface area contributed by atoms with Crippen molar-refractivity contribution in [1.29, 1.82) is 0 Å². The molecule has 1 atom stereocenters. The molecular weight excluding hydrogens is 511 g/mol. The van der Waals surface area contributed by atoms with E-state index in [2.05, 4.69) is 48.3 Å². The van der Waals surface area contributed by atoms with Gasteiger partial charge in [-0.05, 0) is 60.0 Å². The molecule has 204 valence electrons. The van der Waals surface area contributed by atoms with Crippen molar-refractivity contribution in [2.24, 2.45) is 5.10 Å². The highest BCUT2D eigenvalue weighted by molar-refractivity contribution is 6.05. The lowest BCUT2D eigenvalue weighted by Gasteiger charge is -2.24. The number of rotatable bonds is 9. The van der Waals surface area contributed by atoms with Crippen molar-refractivity contribution in [2.45, 2.75) is 32.6 Å². The van der Waals surface area contributed by atoms with Crippen LogP contribution in [0.15, 0.2) is 132 Å². The molecule has 0 bridgehead atoms. The first-order valence-electron chi connectivity index (χ1n) is 13.8. The molecular formula is C36H31FN2O2. The first-order chi connectivity index (χ1) is 20.1. The molecule has 5 aromatic carbocycles. The van der Waals surface area contributed by atoms with Crippen molar-refractivity contribution in [3.63, 3.8) is 0 Å². The van der Waals surface area contributed by atoms with Crippen LogP contribution < -0.4 is 14.5 Å². The number of nitrogens with zero attached hydrogens (tertiary/aromatic N) is 2. The second-order valence-corrected chi connectivity index (χ2v) is 10.2. The predicted molar refractivity (Wildman–Crippen MR) is 162 cm³/mol. The zero-order valence-corrected chi connectivity index (χ0v) is 22.9. The summed E-state index contributed by atoms with van der Waals surface area (Å²) in [5.41, 5.74) is 7.27. The van der Waals surface area contributed by atoms with Gasteiger partial charge in [-0.15, -0.1) is 0 Å². The van der Waals surface area contributed by atoms with E-state index in [9.17, 15) is 4.39 Å². The summed E-state index contributed by atoms with van der Waals surface area (Å²) >= 11 is 0. The first-order valence-corrected chi connectivity index (χ1v) is 13.8. The second kappa shape index (κ2) is 12.1. The van der Waals surface area contributed by atoms with Crippen molar-refractivity contribution in [3.8, 4) is 11.5 Å². The average molecular weight is 543 g/mol. The summed E-state index contributed by atoms with van der Waals surface area (Å²) in [5.74, 6) is 1.12. The fraction of sp³-hybridized carbons (Fsp3) is 0.139. The maximum absolute atomic E-state index is 13.5. The van der Waals surface area contributed by atoms with E-state index < -0.39 is 0 Å². The number of benzene rings is 5. The minimum Gasteiger partial charge on any atom is -0.489 e. The van der Waals surface area contributed by atoms with Gasteiger partial charge in [0, 0.05) is 18.1 Å². The lowest BCUT2D eigenvalue weighted by atomic mass is 9.97. The van der Waals surface area contributed by atoms with Crippen LogP contribution in [0.5, 0.6) is 11.5 Å². The number of hydrogen-bond donors (Lipinski definition) is 0. The third-order valence-corrected chi connectivity index (χ3v) is 7.21. The molecule has 0 spiro atoms. The summed E-state index contributed by atoms with van der Waals surface area (Å²) in [7, 11) is 0. The quantitative estimate of drug-likeness (QED) is 0.187. The maximum atomic E-state index is 13.5. The molecule has 1 heterocycles. The molecule has 0 fully saturated rings. The molecule has 5 heteroatoms. The van der Waals surface area contributed by atoms with Crippen molar-refractivity contribution in [1.82, 2.24) is 0 Å². The van der Waals surface area contributed by atoms with Crippen LogP contribution in [0.1, 0.15) is 40.3 Å². The molecule has 0 unspecified atom stereocenters. The van der Waals surface area contributed by atoms with Crippen LogP contribution in [-0.4, -0.2) is 5.71 Å². The number of aryl methyl sites for hydroxylation is 1. The number of halogens is 1. The molecule has 0 radical (unpaired) electrons. The van der Waals surface area contributed by atoms with Gasteiger partial charge in [0.2, 0.25) is 0 Å². The van der Waals surface area contributed by atoms with E-state index in [0.717, 1.165) is 34.5 Å². The van der Waals surface area contributed by atoms with E-state index in [1.165, 1.54) is 23.3 Å². The monoisotopic (exact) mass is 542 g/mol. The van der Waals surface area contributed by atoms with Crippen LogP contribution in [0.4, 0.5) is 10.1 Å². The molecule has 0 saturated heterocycles. The molecule has 5 aromatic rings. The second-order valence-electron chi connectivity index (χ2n) is 10.2. The summed E-state index contributed by atoms with van der Waals surface area (Å²) in [6.45, 7) is 2.85. The van der Waals surface area contributed by atoms with Crippen LogP contribution in [0.3, 0.4) is 0 Å². The van der Waals surface area contributed by atoms with Gasteiger partial charge in [0.05, 0.1) is 17.4 Å². The van der Waals surface area contributed by atoms with E-state index >= 15 is 0 Å². The Balaban J connectivity index is 1.33. The van der Waals surface area contributed by atoms with Crippen LogP contribution in [-0.2, 0) is 13.2 Å². The lowest BCUT2D eigenvalue weighted by Crippen LogP contribution is -2.18. The highest BCUT2D eigenvalue weighted by Crippen LogP contribution is 2.39. The molecule has 0 N–H and O–H groups in total. The number of anilines is 1. The van der Waals surface area contributed by atoms with E-state index in [4.69, 9.17) is 14.6 Å². The number of hydrogen-bond acceptors (Lipinski definition) is 4. The number of para-hydroxylation sites is 1. The summed E-state index contributed by atoms with van der Waals surface area (Å²) in [5, 5.41) is 7.24. The van der Waals surface area contributed by atoms with E-state index in [0.29, 0.717) is 24.7 Å². The molecule has 0 aromatic heterocycles. The van der Waals surface area contributed by atoms with Gasteiger partial charge in [0.25, 0.3) is 0 Å². The van der Waals surface area contributed by atoms with Gasteiger partial charge in [-0.25, -0.2) is 4.39 Å². The smallest absolute Gasteiger partial charge is 0.132 e. The zero-order valence-electron chi connectivity index (χ0n) is 22.9. The first kappa shape index (κ1) is 26.3. The van der Waals surface area contributed by atoms with Crippen LogP contribution in [0.25, 0.3) is 0 Å². The molecule has 0 aliphatic carbocycles. The molecule has 0 amide bonds. The third-order valence-electron chi connectivity index (χ3n) is 7.21. The van der Waals surface area contributed by atoms with E-state index in [1.807, 2.05) is 66.7 Å². The molecule has 6 rings (SSSR count). The Kier molecular flexibility index (Phi) is 7.76. The van der Waals surface area contributed by atoms with Crippen LogP contribution in [0.2, 0.25) is 0 Å². The molecule has 41 heavy (non-hydrogen) atoms. The van der Waals surface area contributed by atoms with Crippen LogP contribution in [0, 0.1) is 12.7 Å². The summed E-state index contributed by atoms with van der Waals surface area (Å²) in [6.07, 6.45) is 0.717. The third kappa shape index (κ3) is 6.30. The van der Waals surface area contributed by atoms with Crippen molar-refractivity contribution in [2.75, 3.05) is 5.01 Å². The topological polar surface area (TPSA) is 34.1 Å². The maximum Gasteiger partial charge on any atom is 0.132 e. The van der Waals surface area contributed by atoms with E-state index in [1.54, 1.807) is 12.1 Å². The highest BCUT2D eigenvalue weighted by Gasteiger charge is 2.31. The van der Waals surface area contributed by atoms with Gasteiger partial charge in [-0.2, -0.15) is 5.10 Å². The summed E-state index contributed by atoms with van der Waals surface area (Å²) in [6, 6.07) is 41.3. The van der Waals surface area contributed by atoms with Gasteiger partial charge in [-0.1, -0.05) is 90.5 Å². The SMILES string of the molecule is Cc1ccc([C@H]2CC(c3ccc(OCc4ccccc4)cc3OCc3ccc(F)cc3)=NN2c2ccccc2)cc1. The van der Waals surface area contributed by atoms with Gasteiger partial charge in [0.15, 0.2) is 0 Å². The Labute approximate surface area is 240 Å². The lowest BCUT2D eigenvalue weighted by molar-refractivity contribution is 0.289. The highest BCUT2D eigenvalue weighted by atomic mass is 19.1. The van der Waals surface area contributed by atoms with Gasteiger partial charge in [-0.3, -0.25) is 5.01 Å². The molecule has 1 aliphatic heterocycles. The van der Waals surface area contributed by atoms with Gasteiger partial charge >= 0.3 is 0 Å². The number of ether oxygens (including phenoxy) is 2. The molecule has 4 nitrogen and oxygen atoms in total. The predicted octanol–water partition coefficient (Wildman–Crippen LogP) is 8.65. The Morgan fingerprint density at radius 1 is 0.732 bits per heavy atom. The molecule has 1 aliphatic rings. The standard InChI is InChI=1S/C36H31FN2O2/c1-26-12-16-29(17-13-26)35-23-34(38-39(35)31-10-6-3-7-11-31)33-21-20-32(40-24-27-8-4-2-5-9-27)22-36(33)41-25-28-14-18-30(37)19-15-28/h2-22,35H,23-25H2,1H3/t35-/m1/s1. The van der Waals surface area contributed by atoms with E-state index in [-0.39, 0.29) is 11.9 Å². The largest absolute Gasteiger partial charge is 0.489 e.